The minimum absolute atomic E-state index is 0.317. The van der Waals surface area contributed by atoms with E-state index in [9.17, 15) is 23.3 Å². The van der Waals surface area contributed by atoms with E-state index in [-0.39, 0.29) is 0 Å². The third kappa shape index (κ3) is 5.44. The lowest BCUT2D eigenvalue weighted by atomic mass is 9.98. The molecule has 7 heteroatoms. The average Bonchev–Trinajstić information content (AvgIpc) is 2.71. The number of nitro groups is 1. The van der Waals surface area contributed by atoms with E-state index in [0.717, 1.165) is 23.9 Å². The number of hydrogen-bond donors (Lipinski definition) is 0. The maximum Gasteiger partial charge on any atom is 0.416 e. The summed E-state index contributed by atoms with van der Waals surface area (Å²) in [5.41, 5.74) is 1.71. The molecule has 29 heavy (non-hydrogen) atoms. The minimum Gasteiger partial charge on any atom is -0.489 e. The molecule has 0 aliphatic carbocycles. The minimum atomic E-state index is -4.44. The summed E-state index contributed by atoms with van der Waals surface area (Å²) in [6, 6.07) is 19.1. The molecule has 148 valence electrons. The van der Waals surface area contributed by atoms with Crippen LogP contribution in [0.3, 0.4) is 0 Å². The molecule has 3 aromatic rings. The van der Waals surface area contributed by atoms with Crippen LogP contribution in [-0.4, -0.2) is 4.92 Å². The Balaban J connectivity index is 1.93. The Labute approximate surface area is 165 Å². The van der Waals surface area contributed by atoms with Crippen LogP contribution in [0, 0.1) is 10.1 Å². The zero-order valence-corrected chi connectivity index (χ0v) is 15.1. The summed E-state index contributed by atoms with van der Waals surface area (Å²) in [5, 5.41) is 10.7. The summed E-state index contributed by atoms with van der Waals surface area (Å²) in [5.74, 6) is 0.502. The molecular formula is C22H16F3NO3. The van der Waals surface area contributed by atoms with E-state index in [0.29, 0.717) is 29.0 Å². The number of alkyl halides is 3. The summed E-state index contributed by atoms with van der Waals surface area (Å²) >= 11 is 0. The third-order valence-electron chi connectivity index (χ3n) is 4.17. The van der Waals surface area contributed by atoms with Crippen LogP contribution >= 0.6 is 0 Å². The molecule has 0 bridgehead atoms. The normalized spacial score (nSPS) is 11.6. The van der Waals surface area contributed by atoms with E-state index >= 15 is 0 Å². The molecule has 0 spiro atoms. The van der Waals surface area contributed by atoms with Crippen molar-refractivity contribution in [1.29, 1.82) is 0 Å². The molecule has 0 saturated carbocycles. The van der Waals surface area contributed by atoms with Crippen molar-refractivity contribution in [2.75, 3.05) is 0 Å². The first-order valence-corrected chi connectivity index (χ1v) is 8.63. The number of nitrogens with zero attached hydrogens (tertiary/aromatic N) is 1. The second-order valence-corrected chi connectivity index (χ2v) is 6.20. The van der Waals surface area contributed by atoms with Crippen LogP contribution < -0.4 is 4.74 Å². The van der Waals surface area contributed by atoms with Crippen molar-refractivity contribution in [3.8, 4) is 16.9 Å². The molecule has 0 unspecified atom stereocenters. The van der Waals surface area contributed by atoms with Gasteiger partial charge in [-0.3, -0.25) is 10.1 Å². The first kappa shape index (κ1) is 20.1. The summed E-state index contributed by atoms with van der Waals surface area (Å²) in [6.07, 6.45) is -2.35. The molecule has 0 radical (unpaired) electrons. The Morgan fingerprint density at radius 2 is 1.66 bits per heavy atom. The van der Waals surface area contributed by atoms with E-state index in [1.165, 1.54) is 18.2 Å². The van der Waals surface area contributed by atoms with Crippen LogP contribution in [0.25, 0.3) is 17.2 Å². The summed E-state index contributed by atoms with van der Waals surface area (Å²) in [6.45, 7) is 0.317. The first-order chi connectivity index (χ1) is 13.8. The average molecular weight is 399 g/mol. The van der Waals surface area contributed by atoms with Gasteiger partial charge in [0.25, 0.3) is 0 Å². The Morgan fingerprint density at radius 1 is 0.966 bits per heavy atom. The van der Waals surface area contributed by atoms with Crippen molar-refractivity contribution < 1.29 is 22.8 Å². The second kappa shape index (κ2) is 8.60. The van der Waals surface area contributed by atoms with Gasteiger partial charge in [-0.25, -0.2) is 0 Å². The zero-order chi connectivity index (χ0) is 20.9. The molecule has 0 amide bonds. The molecule has 0 atom stereocenters. The lowest BCUT2D eigenvalue weighted by molar-refractivity contribution is -0.400. The fourth-order valence-electron chi connectivity index (χ4n) is 2.74. The van der Waals surface area contributed by atoms with Crippen LogP contribution in [0.5, 0.6) is 5.75 Å². The van der Waals surface area contributed by atoms with Gasteiger partial charge in [0.2, 0.25) is 6.20 Å². The van der Waals surface area contributed by atoms with E-state index < -0.39 is 16.7 Å². The summed E-state index contributed by atoms with van der Waals surface area (Å²) in [7, 11) is 0. The van der Waals surface area contributed by atoms with Crippen molar-refractivity contribution in [3.05, 3.63) is 106 Å². The molecule has 0 fully saturated rings. The van der Waals surface area contributed by atoms with Crippen molar-refractivity contribution in [3.63, 3.8) is 0 Å². The van der Waals surface area contributed by atoms with Gasteiger partial charge in [-0.15, -0.1) is 0 Å². The Morgan fingerprint density at radius 3 is 2.28 bits per heavy atom. The van der Waals surface area contributed by atoms with Gasteiger partial charge in [-0.1, -0.05) is 48.5 Å². The molecule has 0 saturated heterocycles. The highest BCUT2D eigenvalue weighted by Crippen LogP contribution is 2.33. The van der Waals surface area contributed by atoms with Gasteiger partial charge in [0.15, 0.2) is 0 Å². The smallest absolute Gasteiger partial charge is 0.416 e. The van der Waals surface area contributed by atoms with E-state index in [1.54, 1.807) is 18.2 Å². The van der Waals surface area contributed by atoms with Crippen molar-refractivity contribution in [2.45, 2.75) is 12.8 Å². The van der Waals surface area contributed by atoms with E-state index in [4.69, 9.17) is 4.74 Å². The Hall–Kier alpha value is -3.61. The van der Waals surface area contributed by atoms with Crippen LogP contribution in [0.15, 0.2) is 79.0 Å². The van der Waals surface area contributed by atoms with Gasteiger partial charge >= 0.3 is 6.18 Å². The summed E-state index contributed by atoms with van der Waals surface area (Å²) in [4.78, 5) is 10.1. The highest BCUT2D eigenvalue weighted by molar-refractivity contribution is 5.76. The highest BCUT2D eigenvalue weighted by atomic mass is 19.4. The largest absolute Gasteiger partial charge is 0.489 e. The van der Waals surface area contributed by atoms with Gasteiger partial charge in [-0.05, 0) is 46.5 Å². The molecular weight excluding hydrogens is 383 g/mol. The number of hydrogen-bond acceptors (Lipinski definition) is 3. The molecule has 0 aromatic heterocycles. The third-order valence-corrected chi connectivity index (χ3v) is 4.17. The highest BCUT2D eigenvalue weighted by Gasteiger charge is 2.30. The van der Waals surface area contributed by atoms with Crippen LogP contribution in [0.4, 0.5) is 13.2 Å². The van der Waals surface area contributed by atoms with Gasteiger partial charge < -0.3 is 4.74 Å². The number of halogens is 3. The quantitative estimate of drug-likeness (QED) is 0.366. The number of benzene rings is 3. The predicted octanol–water partition coefficient (Wildman–Crippen LogP) is 6.20. The van der Waals surface area contributed by atoms with Gasteiger partial charge in [0, 0.05) is 6.08 Å². The topological polar surface area (TPSA) is 52.4 Å². The monoisotopic (exact) mass is 399 g/mol. The van der Waals surface area contributed by atoms with Crippen LogP contribution in [-0.2, 0) is 12.8 Å². The molecule has 0 N–H and O–H groups in total. The fourth-order valence-corrected chi connectivity index (χ4v) is 2.74. The molecule has 0 aliphatic rings. The molecule has 4 nitrogen and oxygen atoms in total. The number of rotatable bonds is 6. The second-order valence-electron chi connectivity index (χ2n) is 6.20. The lowest BCUT2D eigenvalue weighted by Gasteiger charge is -2.12. The molecule has 3 aromatic carbocycles. The van der Waals surface area contributed by atoms with Crippen LogP contribution in [0.2, 0.25) is 0 Å². The van der Waals surface area contributed by atoms with Gasteiger partial charge in [-0.2, -0.15) is 13.2 Å². The molecule has 3 rings (SSSR count). The van der Waals surface area contributed by atoms with E-state index in [2.05, 4.69) is 0 Å². The molecule has 0 aliphatic heterocycles. The van der Waals surface area contributed by atoms with Crippen LogP contribution in [0.1, 0.15) is 16.7 Å². The van der Waals surface area contributed by atoms with Crippen molar-refractivity contribution in [1.82, 2.24) is 0 Å². The maximum atomic E-state index is 12.8. The van der Waals surface area contributed by atoms with Gasteiger partial charge in [0.1, 0.15) is 12.4 Å². The molecule has 0 heterocycles. The Bertz CT molecular complexity index is 1010. The lowest BCUT2D eigenvalue weighted by Crippen LogP contribution is -2.04. The SMILES string of the molecule is O=[N+]([O-])C=Cc1ccc(OCc2ccccc2)cc1-c1ccc(C(F)(F)F)cc1. The predicted molar refractivity (Wildman–Crippen MR) is 104 cm³/mol. The Kier molecular flexibility index (Phi) is 5.97. The summed E-state index contributed by atoms with van der Waals surface area (Å²) < 4.78 is 44.3. The zero-order valence-electron chi connectivity index (χ0n) is 15.1. The standard InChI is InChI=1S/C22H16F3NO3/c23-22(24,25)19-9-6-17(7-10-19)21-14-20(11-8-18(21)12-13-26(27)28)29-15-16-4-2-1-3-5-16/h1-14H,15H2. The van der Waals surface area contributed by atoms with Crippen molar-refractivity contribution >= 4 is 6.08 Å². The number of ether oxygens (including phenoxy) is 1. The first-order valence-electron chi connectivity index (χ1n) is 8.63. The fraction of sp³-hybridized carbons (Fsp3) is 0.0909. The van der Waals surface area contributed by atoms with E-state index in [1.807, 2.05) is 30.3 Å². The maximum absolute atomic E-state index is 12.8. The van der Waals surface area contributed by atoms with Gasteiger partial charge in [0.05, 0.1) is 10.5 Å². The van der Waals surface area contributed by atoms with Crippen molar-refractivity contribution in [2.24, 2.45) is 0 Å².